The van der Waals surface area contributed by atoms with Gasteiger partial charge in [0.2, 0.25) is 5.91 Å². The van der Waals surface area contributed by atoms with E-state index in [0.29, 0.717) is 29.5 Å². The van der Waals surface area contributed by atoms with Gasteiger partial charge in [0.15, 0.2) is 11.5 Å². The zero-order chi connectivity index (χ0) is 25.9. The van der Waals surface area contributed by atoms with E-state index in [1.165, 1.54) is 36.4 Å². The molecule has 2 N–H and O–H groups in total. The molecule has 3 aromatic carbocycles. The largest absolute Gasteiger partial charge is 0.586 e. The second-order valence-electron chi connectivity index (χ2n) is 9.39. The van der Waals surface area contributed by atoms with Crippen molar-refractivity contribution in [2.75, 3.05) is 0 Å². The van der Waals surface area contributed by atoms with Gasteiger partial charge < -0.3 is 24.6 Å². The monoisotopic (exact) mass is 511 g/mol. The van der Waals surface area contributed by atoms with Gasteiger partial charge in [0, 0.05) is 18.1 Å². The lowest BCUT2D eigenvalue weighted by atomic mass is 9.90. The van der Waals surface area contributed by atoms with Gasteiger partial charge in [-0.3, -0.25) is 4.79 Å². The van der Waals surface area contributed by atoms with Crippen LogP contribution in [0.4, 0.5) is 13.2 Å². The van der Waals surface area contributed by atoms with Crippen molar-refractivity contribution in [3.05, 3.63) is 88.7 Å². The van der Waals surface area contributed by atoms with Crippen LogP contribution in [0.5, 0.6) is 17.2 Å². The van der Waals surface area contributed by atoms with Crippen LogP contribution in [0.25, 0.3) is 0 Å². The van der Waals surface area contributed by atoms with Crippen LogP contribution in [-0.4, -0.2) is 23.3 Å². The highest BCUT2D eigenvalue weighted by molar-refractivity contribution is 5.92. The number of carbonyl (C=O) groups is 2. The minimum absolute atomic E-state index is 0.0806. The third-order valence-corrected chi connectivity index (χ3v) is 7.02. The molecule has 6 rings (SSSR count). The van der Waals surface area contributed by atoms with Crippen molar-refractivity contribution < 1.29 is 42.1 Å². The van der Waals surface area contributed by atoms with Gasteiger partial charge in [-0.05, 0) is 54.3 Å². The highest BCUT2D eigenvalue weighted by Gasteiger charge is 2.53. The topological polar surface area (TPSA) is 94.1 Å². The van der Waals surface area contributed by atoms with E-state index >= 15 is 0 Å². The van der Waals surface area contributed by atoms with Crippen LogP contribution in [0.2, 0.25) is 0 Å². The molecule has 0 saturated heterocycles. The summed E-state index contributed by atoms with van der Waals surface area (Å²) >= 11 is 0. The molecular formula is C27H20F3NO6. The van der Waals surface area contributed by atoms with Gasteiger partial charge >= 0.3 is 12.3 Å². The Balaban J connectivity index is 1.29. The molecule has 0 bridgehead atoms. The van der Waals surface area contributed by atoms with Crippen LogP contribution < -0.4 is 19.5 Å². The van der Waals surface area contributed by atoms with Crippen molar-refractivity contribution in [2.24, 2.45) is 0 Å². The standard InChI is InChI=1S/C27H20F3NO6/c28-17-5-6-18-19(13-21(35-22(18)12-17)14-2-1-3-15(10-14)24(32)33)31-25(34)26(8-9-26)16-4-7-20-23(11-16)37-27(29,30)36-20/h1-7,10-12,19,21H,8-9,13H2,(H,31,34)(H,32,33)/t19-,21-/m1/s1. The number of benzene rings is 3. The van der Waals surface area contributed by atoms with E-state index in [1.54, 1.807) is 24.3 Å². The minimum atomic E-state index is -3.76. The zero-order valence-electron chi connectivity index (χ0n) is 19.2. The summed E-state index contributed by atoms with van der Waals surface area (Å²) in [6.45, 7) is 0. The van der Waals surface area contributed by atoms with Crippen LogP contribution in [0.1, 0.15) is 58.5 Å². The Hall–Kier alpha value is -4.21. The van der Waals surface area contributed by atoms with Crippen molar-refractivity contribution in [3.8, 4) is 17.2 Å². The quantitative estimate of drug-likeness (QED) is 0.486. The van der Waals surface area contributed by atoms with Gasteiger partial charge in [-0.1, -0.05) is 24.3 Å². The first kappa shape index (κ1) is 23.2. The number of carboxylic acid groups (broad SMARTS) is 1. The molecule has 1 fully saturated rings. The zero-order valence-corrected chi connectivity index (χ0v) is 19.2. The van der Waals surface area contributed by atoms with Crippen molar-refractivity contribution in [3.63, 3.8) is 0 Å². The maximum absolute atomic E-state index is 14.0. The summed E-state index contributed by atoms with van der Waals surface area (Å²) < 4.78 is 56.0. The molecule has 3 aliphatic rings. The van der Waals surface area contributed by atoms with Gasteiger partial charge in [-0.2, -0.15) is 0 Å². The van der Waals surface area contributed by atoms with Crippen LogP contribution >= 0.6 is 0 Å². The summed E-state index contributed by atoms with van der Waals surface area (Å²) in [7, 11) is 0. The first-order valence-electron chi connectivity index (χ1n) is 11.6. The summed E-state index contributed by atoms with van der Waals surface area (Å²) in [6.07, 6.45) is -3.09. The van der Waals surface area contributed by atoms with Crippen molar-refractivity contribution in [1.82, 2.24) is 5.32 Å². The number of carboxylic acids is 1. The Bertz CT molecular complexity index is 1440. The number of hydrogen-bond donors (Lipinski definition) is 2. The van der Waals surface area contributed by atoms with Crippen LogP contribution in [0.3, 0.4) is 0 Å². The molecular weight excluding hydrogens is 491 g/mol. The van der Waals surface area contributed by atoms with Crippen molar-refractivity contribution >= 4 is 11.9 Å². The van der Waals surface area contributed by atoms with Gasteiger partial charge in [-0.25, -0.2) is 9.18 Å². The molecule has 2 atom stereocenters. The summed E-state index contributed by atoms with van der Waals surface area (Å²) in [5.74, 6) is -1.90. The van der Waals surface area contributed by atoms with Gasteiger partial charge in [-0.15, -0.1) is 8.78 Å². The summed E-state index contributed by atoms with van der Waals surface area (Å²) in [4.78, 5) is 25.0. The summed E-state index contributed by atoms with van der Waals surface area (Å²) in [5, 5.41) is 12.4. The molecule has 1 saturated carbocycles. The normalized spacial score (nSPS) is 21.9. The van der Waals surface area contributed by atoms with Gasteiger partial charge in [0.1, 0.15) is 17.7 Å². The van der Waals surface area contributed by atoms with E-state index in [9.17, 15) is 27.9 Å². The molecule has 2 heterocycles. The number of halogens is 3. The van der Waals surface area contributed by atoms with E-state index in [4.69, 9.17) is 4.74 Å². The highest BCUT2D eigenvalue weighted by Crippen LogP contribution is 2.52. The molecule has 2 aliphatic heterocycles. The Morgan fingerprint density at radius 3 is 2.49 bits per heavy atom. The number of aromatic carboxylic acids is 1. The fourth-order valence-electron chi connectivity index (χ4n) is 4.97. The maximum Gasteiger partial charge on any atom is 0.586 e. The Morgan fingerprint density at radius 1 is 0.946 bits per heavy atom. The molecule has 0 aromatic heterocycles. The molecule has 37 heavy (non-hydrogen) atoms. The van der Waals surface area contributed by atoms with Crippen molar-refractivity contribution in [2.45, 2.75) is 43.1 Å². The molecule has 190 valence electrons. The number of fused-ring (bicyclic) bond motifs is 2. The smallest absolute Gasteiger partial charge is 0.485 e. The first-order valence-corrected chi connectivity index (χ1v) is 11.6. The molecule has 3 aromatic rings. The average Bonchev–Trinajstić information content (AvgIpc) is 3.60. The van der Waals surface area contributed by atoms with E-state index in [-0.39, 0.29) is 35.1 Å². The van der Waals surface area contributed by atoms with Crippen LogP contribution in [0, 0.1) is 5.82 Å². The number of nitrogens with one attached hydrogen (secondary N) is 1. The number of alkyl halides is 2. The Kier molecular flexibility index (Phi) is 5.11. The molecule has 7 nitrogen and oxygen atoms in total. The van der Waals surface area contributed by atoms with Crippen LogP contribution in [-0.2, 0) is 10.2 Å². The average molecular weight is 511 g/mol. The number of hydrogen-bond acceptors (Lipinski definition) is 5. The maximum atomic E-state index is 14.0. The number of rotatable bonds is 5. The molecule has 0 radical (unpaired) electrons. The SMILES string of the molecule is O=C(O)c1cccc([C@H]2C[C@@H](NC(=O)C3(c4ccc5c(c4)OC(F)(F)O5)CC3)c3ccc(F)cc3O2)c1. The van der Waals surface area contributed by atoms with Gasteiger partial charge in [0.05, 0.1) is 17.0 Å². The van der Waals surface area contributed by atoms with E-state index in [1.807, 2.05) is 0 Å². The van der Waals surface area contributed by atoms with E-state index in [0.717, 1.165) is 0 Å². The van der Waals surface area contributed by atoms with E-state index in [2.05, 4.69) is 14.8 Å². The summed E-state index contributed by atoms with van der Waals surface area (Å²) in [5.41, 5.74) is 0.848. The molecule has 0 spiro atoms. The van der Waals surface area contributed by atoms with Crippen molar-refractivity contribution in [1.29, 1.82) is 0 Å². The lowest BCUT2D eigenvalue weighted by Crippen LogP contribution is -2.39. The third-order valence-electron chi connectivity index (χ3n) is 7.02. The Labute approximate surface area is 208 Å². The predicted octanol–water partition coefficient (Wildman–Crippen LogP) is 5.26. The molecule has 1 amide bonds. The third kappa shape index (κ3) is 4.12. The summed E-state index contributed by atoms with van der Waals surface area (Å²) in [6, 6.07) is 14.1. The highest BCUT2D eigenvalue weighted by atomic mass is 19.3. The molecule has 1 aliphatic carbocycles. The first-order chi connectivity index (χ1) is 17.6. The minimum Gasteiger partial charge on any atom is -0.485 e. The lowest BCUT2D eigenvalue weighted by Gasteiger charge is -2.34. The second kappa shape index (κ2) is 8.16. The molecule has 0 unspecified atom stereocenters. The fraction of sp³-hybridized carbons (Fsp3) is 0.259. The number of amides is 1. The fourth-order valence-corrected chi connectivity index (χ4v) is 4.97. The molecule has 10 heteroatoms. The second-order valence-corrected chi connectivity index (χ2v) is 9.39. The Morgan fingerprint density at radius 2 is 1.73 bits per heavy atom. The lowest BCUT2D eigenvalue weighted by molar-refractivity contribution is -0.286. The van der Waals surface area contributed by atoms with Gasteiger partial charge in [0.25, 0.3) is 0 Å². The van der Waals surface area contributed by atoms with Crippen LogP contribution in [0.15, 0.2) is 60.7 Å². The predicted molar refractivity (Wildman–Crippen MR) is 122 cm³/mol. The number of ether oxygens (including phenoxy) is 3. The van der Waals surface area contributed by atoms with E-state index < -0.39 is 35.6 Å². The number of carbonyl (C=O) groups excluding carboxylic acids is 1.